The number of hydrogen-bond acceptors (Lipinski definition) is 2. The van der Waals surface area contributed by atoms with Crippen molar-refractivity contribution in [2.24, 2.45) is 11.8 Å². The maximum Gasteiger partial charge on any atom is 0.123 e. The Kier molecular flexibility index (Phi) is 3.56. The lowest BCUT2D eigenvalue weighted by Gasteiger charge is -2.16. The fourth-order valence-corrected chi connectivity index (χ4v) is 2.12. The number of halogens is 1. The summed E-state index contributed by atoms with van der Waals surface area (Å²) in [5.41, 5.74) is 1.13. The summed E-state index contributed by atoms with van der Waals surface area (Å²) in [6, 6.07) is 6.64. The lowest BCUT2D eigenvalue weighted by Crippen LogP contribution is -2.21. The van der Waals surface area contributed by atoms with Gasteiger partial charge in [0.2, 0.25) is 0 Å². The van der Waals surface area contributed by atoms with E-state index in [4.69, 9.17) is 5.11 Å². The summed E-state index contributed by atoms with van der Waals surface area (Å²) in [6.07, 6.45) is 1.14. The van der Waals surface area contributed by atoms with Gasteiger partial charge in [0.15, 0.2) is 0 Å². The van der Waals surface area contributed by atoms with E-state index in [0.29, 0.717) is 18.4 Å². The highest BCUT2D eigenvalue weighted by Crippen LogP contribution is 2.38. The Morgan fingerprint density at radius 1 is 1.31 bits per heavy atom. The van der Waals surface area contributed by atoms with Gasteiger partial charge < -0.3 is 10.0 Å². The number of aliphatic hydroxyl groups is 1. The third-order valence-electron chi connectivity index (χ3n) is 3.22. The molecule has 0 radical (unpaired) electrons. The van der Waals surface area contributed by atoms with Gasteiger partial charge in [-0.15, -0.1) is 0 Å². The van der Waals surface area contributed by atoms with Crippen molar-refractivity contribution in [1.29, 1.82) is 0 Å². The Labute approximate surface area is 95.7 Å². The van der Waals surface area contributed by atoms with Gasteiger partial charge in [-0.05, 0) is 43.0 Å². The minimum atomic E-state index is -0.186. The van der Waals surface area contributed by atoms with E-state index in [1.54, 1.807) is 0 Å². The summed E-state index contributed by atoms with van der Waals surface area (Å²) in [5, 5.41) is 8.95. The van der Waals surface area contributed by atoms with Crippen molar-refractivity contribution in [3.8, 4) is 0 Å². The summed E-state index contributed by atoms with van der Waals surface area (Å²) in [5.74, 6) is 0.972. The van der Waals surface area contributed by atoms with Crippen molar-refractivity contribution < 1.29 is 9.50 Å². The third kappa shape index (κ3) is 3.03. The second-order valence-electron chi connectivity index (χ2n) is 4.76. The Bertz CT molecular complexity index is 338. The van der Waals surface area contributed by atoms with Gasteiger partial charge in [0.1, 0.15) is 5.82 Å². The topological polar surface area (TPSA) is 23.5 Å². The van der Waals surface area contributed by atoms with Gasteiger partial charge >= 0.3 is 0 Å². The molecule has 0 aliphatic heterocycles. The lowest BCUT2D eigenvalue weighted by molar-refractivity contribution is 0.250. The molecule has 1 saturated carbocycles. The second kappa shape index (κ2) is 4.93. The van der Waals surface area contributed by atoms with Gasteiger partial charge in [0.05, 0.1) is 0 Å². The normalized spacial score (nSPS) is 23.8. The highest BCUT2D eigenvalue weighted by atomic mass is 19.1. The molecule has 2 atom stereocenters. The zero-order valence-corrected chi connectivity index (χ0v) is 9.56. The summed E-state index contributed by atoms with van der Waals surface area (Å²) in [4.78, 5) is 2.23. The van der Waals surface area contributed by atoms with E-state index in [0.717, 1.165) is 25.1 Å². The molecule has 0 spiro atoms. The van der Waals surface area contributed by atoms with Crippen molar-refractivity contribution in [1.82, 2.24) is 4.90 Å². The van der Waals surface area contributed by atoms with Crippen molar-refractivity contribution in [3.05, 3.63) is 35.6 Å². The first-order valence-corrected chi connectivity index (χ1v) is 5.73. The third-order valence-corrected chi connectivity index (χ3v) is 3.22. The molecule has 0 aromatic heterocycles. The van der Waals surface area contributed by atoms with Gasteiger partial charge in [0, 0.05) is 19.7 Å². The van der Waals surface area contributed by atoms with E-state index in [2.05, 4.69) is 11.9 Å². The Hall–Kier alpha value is -0.930. The Balaban J connectivity index is 1.79. The van der Waals surface area contributed by atoms with Gasteiger partial charge in [-0.1, -0.05) is 12.1 Å². The number of rotatable bonds is 5. The fraction of sp³-hybridized carbons (Fsp3) is 0.538. The minimum absolute atomic E-state index is 0.186. The zero-order valence-electron chi connectivity index (χ0n) is 9.56. The van der Waals surface area contributed by atoms with Crippen LogP contribution in [0.1, 0.15) is 12.0 Å². The average Bonchev–Trinajstić information content (AvgIpc) is 3.00. The van der Waals surface area contributed by atoms with Crippen molar-refractivity contribution in [3.63, 3.8) is 0 Å². The van der Waals surface area contributed by atoms with Crippen molar-refractivity contribution in [2.45, 2.75) is 13.0 Å². The summed E-state index contributed by atoms with van der Waals surface area (Å²) in [7, 11) is 2.07. The molecule has 2 nitrogen and oxygen atoms in total. The maximum atomic E-state index is 12.7. The van der Waals surface area contributed by atoms with E-state index in [9.17, 15) is 4.39 Å². The smallest absolute Gasteiger partial charge is 0.123 e. The van der Waals surface area contributed by atoms with Crippen molar-refractivity contribution in [2.75, 3.05) is 20.2 Å². The predicted octanol–water partition coefficient (Wildman–Crippen LogP) is 1.89. The largest absolute Gasteiger partial charge is 0.396 e. The molecule has 0 heterocycles. The van der Waals surface area contributed by atoms with Gasteiger partial charge in [-0.25, -0.2) is 4.39 Å². The van der Waals surface area contributed by atoms with E-state index in [1.807, 2.05) is 12.1 Å². The van der Waals surface area contributed by atoms with Crippen LogP contribution < -0.4 is 0 Å². The molecule has 0 saturated heterocycles. The summed E-state index contributed by atoms with van der Waals surface area (Å²) in [6.45, 7) is 2.17. The van der Waals surface area contributed by atoms with Crippen LogP contribution in [-0.2, 0) is 6.54 Å². The van der Waals surface area contributed by atoms with E-state index >= 15 is 0 Å². The highest BCUT2D eigenvalue weighted by Gasteiger charge is 2.36. The molecule has 1 aromatic carbocycles. The molecule has 0 amide bonds. The quantitative estimate of drug-likeness (QED) is 0.824. The van der Waals surface area contributed by atoms with Gasteiger partial charge in [0.25, 0.3) is 0 Å². The first-order chi connectivity index (χ1) is 7.69. The average molecular weight is 223 g/mol. The molecule has 0 bridgehead atoms. The van der Waals surface area contributed by atoms with E-state index in [1.165, 1.54) is 12.1 Å². The van der Waals surface area contributed by atoms with Crippen LogP contribution in [0.2, 0.25) is 0 Å². The zero-order chi connectivity index (χ0) is 11.5. The van der Waals surface area contributed by atoms with Gasteiger partial charge in [-0.3, -0.25) is 0 Å². The van der Waals surface area contributed by atoms with Crippen LogP contribution in [0.15, 0.2) is 24.3 Å². The fourth-order valence-electron chi connectivity index (χ4n) is 2.12. The van der Waals surface area contributed by atoms with Crippen LogP contribution >= 0.6 is 0 Å². The summed E-state index contributed by atoms with van der Waals surface area (Å²) >= 11 is 0. The number of benzene rings is 1. The first-order valence-electron chi connectivity index (χ1n) is 5.73. The predicted molar refractivity (Wildman–Crippen MR) is 61.4 cm³/mol. The van der Waals surface area contributed by atoms with Gasteiger partial charge in [-0.2, -0.15) is 0 Å². The molecule has 88 valence electrons. The molecular weight excluding hydrogens is 205 g/mol. The molecule has 2 unspecified atom stereocenters. The summed E-state index contributed by atoms with van der Waals surface area (Å²) < 4.78 is 12.7. The van der Waals surface area contributed by atoms with E-state index < -0.39 is 0 Å². The van der Waals surface area contributed by atoms with Crippen LogP contribution in [-0.4, -0.2) is 30.2 Å². The number of aliphatic hydroxyl groups excluding tert-OH is 1. The second-order valence-corrected chi connectivity index (χ2v) is 4.76. The molecular formula is C13H18FNO. The van der Waals surface area contributed by atoms with Crippen LogP contribution in [0.25, 0.3) is 0 Å². The molecule has 1 aromatic rings. The lowest BCUT2D eigenvalue weighted by atomic mass is 10.2. The molecule has 1 aliphatic rings. The number of hydrogen-bond donors (Lipinski definition) is 1. The van der Waals surface area contributed by atoms with E-state index in [-0.39, 0.29) is 5.82 Å². The molecule has 3 heteroatoms. The van der Waals surface area contributed by atoms with Crippen LogP contribution in [0.3, 0.4) is 0 Å². The Morgan fingerprint density at radius 2 is 2.00 bits per heavy atom. The minimum Gasteiger partial charge on any atom is -0.396 e. The van der Waals surface area contributed by atoms with Crippen molar-refractivity contribution >= 4 is 0 Å². The monoisotopic (exact) mass is 223 g/mol. The molecule has 1 fully saturated rings. The van der Waals surface area contributed by atoms with Crippen LogP contribution in [0.5, 0.6) is 0 Å². The standard InChI is InChI=1S/C13H18FNO/c1-15(8-11-6-12(11)9-16)7-10-2-4-13(14)5-3-10/h2-5,11-12,16H,6-9H2,1H3. The molecule has 16 heavy (non-hydrogen) atoms. The number of nitrogens with zero attached hydrogens (tertiary/aromatic N) is 1. The first kappa shape index (κ1) is 11.6. The Morgan fingerprint density at radius 3 is 2.56 bits per heavy atom. The SMILES string of the molecule is CN(Cc1ccc(F)cc1)CC1CC1CO. The maximum absolute atomic E-state index is 12.7. The van der Waals surface area contributed by atoms with Crippen LogP contribution in [0, 0.1) is 17.7 Å². The van der Waals surface area contributed by atoms with Crippen LogP contribution in [0.4, 0.5) is 4.39 Å². The molecule has 2 rings (SSSR count). The molecule has 1 aliphatic carbocycles. The molecule has 1 N–H and O–H groups in total. The highest BCUT2D eigenvalue weighted by molar-refractivity contribution is 5.15.